The average Bonchev–Trinajstić information content (AvgIpc) is 2.95. The lowest BCUT2D eigenvalue weighted by Crippen LogP contribution is -2.36. The maximum Gasteiger partial charge on any atom is 0.271 e. The second-order valence-electron chi connectivity index (χ2n) is 4.37. The van der Waals surface area contributed by atoms with Crippen molar-refractivity contribution in [2.24, 2.45) is 0 Å². The lowest BCUT2D eigenvalue weighted by atomic mass is 10.2. The Morgan fingerprint density at radius 1 is 1.25 bits per heavy atom. The smallest absolute Gasteiger partial charge is 0.271 e. The van der Waals surface area contributed by atoms with Crippen molar-refractivity contribution in [3.05, 3.63) is 41.4 Å². The van der Waals surface area contributed by atoms with Crippen LogP contribution in [0.4, 0.5) is 0 Å². The number of rotatable bonds is 4. The molecular formula is C14H15N3O2S. The number of nitrogens with one attached hydrogen (secondary N) is 1. The molecule has 0 fully saturated rings. The summed E-state index contributed by atoms with van der Waals surface area (Å²) in [4.78, 5) is 29.0. The molecule has 104 valence electrons. The summed E-state index contributed by atoms with van der Waals surface area (Å²) in [6, 6.07) is 9.65. The highest BCUT2D eigenvalue weighted by Gasteiger charge is 2.13. The number of thiazole rings is 1. The molecule has 0 aliphatic carbocycles. The second kappa shape index (κ2) is 6.29. The Labute approximate surface area is 121 Å². The Balaban J connectivity index is 2.02. The van der Waals surface area contributed by atoms with Crippen LogP contribution in [-0.2, 0) is 4.79 Å². The standard InChI is InChI=1S/C14H15N3O2S/c1-17(2)12(18)8-15-13(19)11-9-20-14(16-11)10-6-4-3-5-7-10/h3-7,9H,8H2,1-2H3,(H,15,19). The monoisotopic (exact) mass is 289 g/mol. The van der Waals surface area contributed by atoms with Crippen molar-refractivity contribution in [1.82, 2.24) is 15.2 Å². The molecule has 0 unspecified atom stereocenters. The molecule has 20 heavy (non-hydrogen) atoms. The van der Waals surface area contributed by atoms with Crippen molar-refractivity contribution < 1.29 is 9.59 Å². The van der Waals surface area contributed by atoms with E-state index >= 15 is 0 Å². The van der Waals surface area contributed by atoms with Gasteiger partial charge in [0.05, 0.1) is 6.54 Å². The van der Waals surface area contributed by atoms with E-state index in [1.54, 1.807) is 19.5 Å². The first-order valence-electron chi connectivity index (χ1n) is 6.07. The van der Waals surface area contributed by atoms with E-state index in [1.807, 2.05) is 30.3 Å². The van der Waals surface area contributed by atoms with E-state index in [-0.39, 0.29) is 18.4 Å². The van der Waals surface area contributed by atoms with Gasteiger partial charge in [0.2, 0.25) is 5.91 Å². The van der Waals surface area contributed by atoms with Crippen molar-refractivity contribution in [2.75, 3.05) is 20.6 Å². The van der Waals surface area contributed by atoms with E-state index in [9.17, 15) is 9.59 Å². The minimum atomic E-state index is -0.335. The van der Waals surface area contributed by atoms with Gasteiger partial charge in [0, 0.05) is 25.0 Å². The fourth-order valence-corrected chi connectivity index (χ4v) is 2.30. The molecule has 6 heteroatoms. The molecule has 1 aromatic carbocycles. The number of nitrogens with zero attached hydrogens (tertiary/aromatic N) is 2. The van der Waals surface area contributed by atoms with Gasteiger partial charge in [0.15, 0.2) is 0 Å². The van der Waals surface area contributed by atoms with Gasteiger partial charge in [-0.2, -0.15) is 0 Å². The molecule has 2 aromatic rings. The molecule has 0 atom stereocenters. The van der Waals surface area contributed by atoms with Gasteiger partial charge >= 0.3 is 0 Å². The van der Waals surface area contributed by atoms with Crippen LogP contribution in [0.1, 0.15) is 10.5 Å². The lowest BCUT2D eigenvalue weighted by Gasteiger charge is -2.10. The number of benzene rings is 1. The fourth-order valence-electron chi connectivity index (χ4n) is 1.50. The van der Waals surface area contributed by atoms with Gasteiger partial charge in [-0.15, -0.1) is 11.3 Å². The molecule has 1 heterocycles. The molecule has 5 nitrogen and oxygen atoms in total. The van der Waals surface area contributed by atoms with E-state index in [1.165, 1.54) is 16.2 Å². The van der Waals surface area contributed by atoms with Crippen molar-refractivity contribution in [3.8, 4) is 10.6 Å². The minimum Gasteiger partial charge on any atom is -0.347 e. The zero-order chi connectivity index (χ0) is 14.5. The van der Waals surface area contributed by atoms with E-state index in [0.29, 0.717) is 5.69 Å². The average molecular weight is 289 g/mol. The summed E-state index contributed by atoms with van der Waals surface area (Å²) in [5, 5.41) is 5.04. The lowest BCUT2D eigenvalue weighted by molar-refractivity contribution is -0.127. The first-order chi connectivity index (χ1) is 9.58. The summed E-state index contributed by atoms with van der Waals surface area (Å²) >= 11 is 1.40. The molecule has 1 N–H and O–H groups in total. The van der Waals surface area contributed by atoms with Crippen molar-refractivity contribution in [1.29, 1.82) is 0 Å². The van der Waals surface area contributed by atoms with Gasteiger partial charge in [-0.3, -0.25) is 9.59 Å². The van der Waals surface area contributed by atoms with E-state index < -0.39 is 0 Å². The largest absolute Gasteiger partial charge is 0.347 e. The van der Waals surface area contributed by atoms with Crippen LogP contribution < -0.4 is 5.32 Å². The second-order valence-corrected chi connectivity index (χ2v) is 5.23. The molecule has 0 saturated carbocycles. The molecule has 0 aliphatic rings. The number of carbonyl (C=O) groups excluding carboxylic acids is 2. The van der Waals surface area contributed by atoms with Crippen LogP contribution in [0.3, 0.4) is 0 Å². The number of carbonyl (C=O) groups is 2. The SMILES string of the molecule is CN(C)C(=O)CNC(=O)c1csc(-c2ccccc2)n1. The summed E-state index contributed by atoms with van der Waals surface area (Å²) < 4.78 is 0. The van der Waals surface area contributed by atoms with Crippen LogP contribution in [0.5, 0.6) is 0 Å². The molecule has 0 aliphatic heterocycles. The molecule has 0 spiro atoms. The van der Waals surface area contributed by atoms with Gasteiger partial charge < -0.3 is 10.2 Å². The van der Waals surface area contributed by atoms with Crippen LogP contribution in [0.2, 0.25) is 0 Å². The van der Waals surface area contributed by atoms with Crippen LogP contribution in [0.15, 0.2) is 35.7 Å². The quantitative estimate of drug-likeness (QED) is 0.930. The van der Waals surface area contributed by atoms with Gasteiger partial charge in [-0.1, -0.05) is 30.3 Å². The van der Waals surface area contributed by atoms with E-state index in [2.05, 4.69) is 10.3 Å². The minimum absolute atomic E-state index is 0.0238. The van der Waals surface area contributed by atoms with Crippen LogP contribution in [0.25, 0.3) is 10.6 Å². The molecule has 2 rings (SSSR count). The summed E-state index contributed by atoms with van der Waals surface area (Å²) in [7, 11) is 3.29. The van der Waals surface area contributed by atoms with Gasteiger partial charge in [0.25, 0.3) is 5.91 Å². The zero-order valence-electron chi connectivity index (χ0n) is 11.3. The predicted molar refractivity (Wildman–Crippen MR) is 78.6 cm³/mol. The fraction of sp³-hybridized carbons (Fsp3) is 0.214. The Kier molecular flexibility index (Phi) is 4.47. The van der Waals surface area contributed by atoms with Crippen molar-refractivity contribution >= 4 is 23.2 Å². The Morgan fingerprint density at radius 2 is 1.95 bits per heavy atom. The Hall–Kier alpha value is -2.21. The number of likely N-dealkylation sites (N-methyl/N-ethyl adjacent to an activating group) is 1. The van der Waals surface area contributed by atoms with Gasteiger partial charge in [0.1, 0.15) is 10.7 Å². The van der Waals surface area contributed by atoms with Gasteiger partial charge in [-0.25, -0.2) is 4.98 Å². The van der Waals surface area contributed by atoms with E-state index in [4.69, 9.17) is 0 Å². The Morgan fingerprint density at radius 3 is 2.60 bits per heavy atom. The summed E-state index contributed by atoms with van der Waals surface area (Å²) in [5.74, 6) is -0.490. The normalized spacial score (nSPS) is 10.1. The highest BCUT2D eigenvalue weighted by Crippen LogP contribution is 2.23. The van der Waals surface area contributed by atoms with E-state index in [0.717, 1.165) is 10.6 Å². The maximum atomic E-state index is 11.9. The predicted octanol–water partition coefficient (Wildman–Crippen LogP) is 1.63. The maximum absolute atomic E-state index is 11.9. The summed E-state index contributed by atoms with van der Waals surface area (Å²) in [5.41, 5.74) is 1.31. The highest BCUT2D eigenvalue weighted by atomic mass is 32.1. The van der Waals surface area contributed by atoms with Crippen molar-refractivity contribution in [2.45, 2.75) is 0 Å². The topological polar surface area (TPSA) is 62.3 Å². The van der Waals surface area contributed by atoms with Crippen LogP contribution in [-0.4, -0.2) is 42.3 Å². The number of hydrogen-bond acceptors (Lipinski definition) is 4. The van der Waals surface area contributed by atoms with Crippen LogP contribution in [0, 0.1) is 0 Å². The first kappa shape index (κ1) is 14.2. The third kappa shape index (κ3) is 3.42. The van der Waals surface area contributed by atoms with Crippen molar-refractivity contribution in [3.63, 3.8) is 0 Å². The molecular weight excluding hydrogens is 274 g/mol. The third-order valence-corrected chi connectivity index (χ3v) is 3.55. The Bertz CT molecular complexity index is 608. The molecule has 0 bridgehead atoms. The summed E-state index contributed by atoms with van der Waals surface area (Å²) in [6.45, 7) is -0.0238. The first-order valence-corrected chi connectivity index (χ1v) is 6.95. The number of amides is 2. The van der Waals surface area contributed by atoms with Crippen LogP contribution >= 0.6 is 11.3 Å². The van der Waals surface area contributed by atoms with Gasteiger partial charge in [-0.05, 0) is 0 Å². The number of aromatic nitrogens is 1. The molecule has 2 amide bonds. The molecule has 0 saturated heterocycles. The zero-order valence-corrected chi connectivity index (χ0v) is 12.1. The third-order valence-electron chi connectivity index (χ3n) is 2.66. The summed E-state index contributed by atoms with van der Waals surface area (Å²) in [6.07, 6.45) is 0. The molecule has 0 radical (unpaired) electrons. The highest BCUT2D eigenvalue weighted by molar-refractivity contribution is 7.13. The number of hydrogen-bond donors (Lipinski definition) is 1. The molecule has 1 aromatic heterocycles.